The second-order valence-corrected chi connectivity index (χ2v) is 5.55. The molecule has 98 valence electrons. The predicted molar refractivity (Wildman–Crippen MR) is 76.8 cm³/mol. The van der Waals surface area contributed by atoms with Crippen LogP contribution in [0.4, 0.5) is 5.69 Å². The Morgan fingerprint density at radius 1 is 1.16 bits per heavy atom. The van der Waals surface area contributed by atoms with E-state index in [1.54, 1.807) is 6.07 Å². The molecule has 0 aliphatic heterocycles. The first kappa shape index (κ1) is 12.0. The summed E-state index contributed by atoms with van der Waals surface area (Å²) in [5.41, 5.74) is 1.55. The minimum atomic E-state index is -0.877. The van der Waals surface area contributed by atoms with Crippen molar-refractivity contribution in [3.63, 3.8) is 0 Å². The molecule has 2 aromatic carbocycles. The summed E-state index contributed by atoms with van der Waals surface area (Å²) in [5.74, 6) is -0.877. The van der Waals surface area contributed by atoms with Gasteiger partial charge in [0, 0.05) is 16.6 Å². The van der Waals surface area contributed by atoms with E-state index in [1.807, 2.05) is 30.3 Å². The fourth-order valence-electron chi connectivity index (χ4n) is 2.75. The summed E-state index contributed by atoms with van der Waals surface area (Å²) in [6, 6.07) is 11.2. The Morgan fingerprint density at radius 2 is 1.84 bits per heavy atom. The third-order valence-corrected chi connectivity index (χ3v) is 4.05. The molecule has 0 unspecified atom stereocenters. The largest absolute Gasteiger partial charge is 0.478 e. The maximum Gasteiger partial charge on any atom is 0.336 e. The lowest BCUT2D eigenvalue weighted by Crippen LogP contribution is -2.41. The van der Waals surface area contributed by atoms with Crippen LogP contribution in [0.2, 0.25) is 0 Å². The van der Waals surface area contributed by atoms with E-state index in [0.29, 0.717) is 5.56 Å². The molecule has 0 aromatic heterocycles. The van der Waals surface area contributed by atoms with E-state index in [1.165, 1.54) is 19.3 Å². The van der Waals surface area contributed by atoms with Crippen LogP contribution in [-0.2, 0) is 0 Å². The normalized spacial score (nSPS) is 16.9. The van der Waals surface area contributed by atoms with Crippen LogP contribution < -0.4 is 5.32 Å². The quantitative estimate of drug-likeness (QED) is 0.874. The second kappa shape index (κ2) is 4.26. The van der Waals surface area contributed by atoms with E-state index in [-0.39, 0.29) is 5.54 Å². The predicted octanol–water partition coefficient (Wildman–Crippen LogP) is 3.89. The van der Waals surface area contributed by atoms with Gasteiger partial charge in [-0.1, -0.05) is 24.3 Å². The molecule has 0 radical (unpaired) electrons. The number of anilines is 1. The zero-order valence-electron chi connectivity index (χ0n) is 10.9. The van der Waals surface area contributed by atoms with Crippen LogP contribution in [0.15, 0.2) is 36.4 Å². The van der Waals surface area contributed by atoms with Gasteiger partial charge >= 0.3 is 5.97 Å². The zero-order chi connectivity index (χ0) is 13.5. The van der Waals surface area contributed by atoms with Crippen molar-refractivity contribution in [3.8, 4) is 0 Å². The Morgan fingerprint density at radius 3 is 2.42 bits per heavy atom. The number of nitrogens with one attached hydrogen (secondary N) is 1. The van der Waals surface area contributed by atoms with Gasteiger partial charge in [-0.25, -0.2) is 4.79 Å². The van der Waals surface area contributed by atoms with E-state index in [4.69, 9.17) is 0 Å². The van der Waals surface area contributed by atoms with Gasteiger partial charge in [0.05, 0.1) is 5.56 Å². The lowest BCUT2D eigenvalue weighted by atomic mass is 9.78. The molecule has 3 nitrogen and oxygen atoms in total. The smallest absolute Gasteiger partial charge is 0.336 e. The fraction of sp³-hybridized carbons (Fsp3) is 0.312. The molecule has 0 amide bonds. The molecule has 0 saturated heterocycles. The van der Waals surface area contributed by atoms with E-state index in [2.05, 4.69) is 12.2 Å². The molecule has 19 heavy (non-hydrogen) atoms. The van der Waals surface area contributed by atoms with Crippen LogP contribution in [0.5, 0.6) is 0 Å². The molecule has 0 bridgehead atoms. The minimum Gasteiger partial charge on any atom is -0.478 e. The van der Waals surface area contributed by atoms with Crippen LogP contribution in [0.1, 0.15) is 36.5 Å². The summed E-state index contributed by atoms with van der Waals surface area (Å²) in [4.78, 5) is 11.3. The van der Waals surface area contributed by atoms with Gasteiger partial charge in [0.2, 0.25) is 0 Å². The highest BCUT2D eigenvalue weighted by atomic mass is 16.4. The average Bonchev–Trinajstić information content (AvgIpc) is 2.37. The number of fused-ring (bicyclic) bond motifs is 1. The van der Waals surface area contributed by atoms with E-state index in [9.17, 15) is 9.90 Å². The Kier molecular flexibility index (Phi) is 2.70. The number of carboxylic acids is 1. The lowest BCUT2D eigenvalue weighted by molar-refractivity contribution is 0.0699. The molecule has 1 fully saturated rings. The van der Waals surface area contributed by atoms with Crippen molar-refractivity contribution in [2.75, 3.05) is 5.32 Å². The van der Waals surface area contributed by atoms with E-state index in [0.717, 1.165) is 16.5 Å². The molecular formula is C16H17NO2. The summed E-state index contributed by atoms with van der Waals surface area (Å²) < 4.78 is 0. The molecule has 2 aromatic rings. The van der Waals surface area contributed by atoms with E-state index < -0.39 is 5.97 Å². The van der Waals surface area contributed by atoms with Gasteiger partial charge in [-0.15, -0.1) is 0 Å². The van der Waals surface area contributed by atoms with Gasteiger partial charge in [0.15, 0.2) is 0 Å². The van der Waals surface area contributed by atoms with Gasteiger partial charge in [0.25, 0.3) is 0 Å². The molecule has 0 heterocycles. The first-order valence-corrected chi connectivity index (χ1v) is 6.62. The number of rotatable bonds is 3. The zero-order valence-corrected chi connectivity index (χ0v) is 10.9. The fourth-order valence-corrected chi connectivity index (χ4v) is 2.75. The second-order valence-electron chi connectivity index (χ2n) is 5.55. The summed E-state index contributed by atoms with van der Waals surface area (Å²) in [6.45, 7) is 2.22. The Bertz CT molecular complexity index is 644. The number of hydrogen-bond donors (Lipinski definition) is 2. The Hall–Kier alpha value is -2.03. The van der Waals surface area contributed by atoms with Gasteiger partial charge in [-0.3, -0.25) is 0 Å². The lowest BCUT2D eigenvalue weighted by Gasteiger charge is -2.40. The highest BCUT2D eigenvalue weighted by Gasteiger charge is 2.31. The highest BCUT2D eigenvalue weighted by molar-refractivity contribution is 6.07. The number of carboxylic acid groups (broad SMARTS) is 1. The molecule has 1 aliphatic carbocycles. The molecular weight excluding hydrogens is 238 g/mol. The van der Waals surface area contributed by atoms with Crippen LogP contribution in [-0.4, -0.2) is 16.6 Å². The molecule has 3 heteroatoms. The average molecular weight is 255 g/mol. The van der Waals surface area contributed by atoms with Crippen molar-refractivity contribution in [3.05, 3.63) is 42.0 Å². The summed E-state index contributed by atoms with van der Waals surface area (Å²) in [7, 11) is 0. The van der Waals surface area contributed by atoms with Crippen molar-refractivity contribution in [1.82, 2.24) is 0 Å². The van der Waals surface area contributed by atoms with Crippen LogP contribution in [0.3, 0.4) is 0 Å². The Balaban J connectivity index is 2.11. The van der Waals surface area contributed by atoms with Crippen molar-refractivity contribution >= 4 is 22.4 Å². The topological polar surface area (TPSA) is 49.3 Å². The van der Waals surface area contributed by atoms with Crippen molar-refractivity contribution in [2.45, 2.75) is 31.7 Å². The van der Waals surface area contributed by atoms with Gasteiger partial charge in [-0.05, 0) is 43.7 Å². The third kappa shape index (κ3) is 2.05. The van der Waals surface area contributed by atoms with Crippen LogP contribution in [0.25, 0.3) is 10.8 Å². The highest BCUT2D eigenvalue weighted by Crippen LogP contribution is 2.37. The summed E-state index contributed by atoms with van der Waals surface area (Å²) in [5, 5.41) is 14.6. The van der Waals surface area contributed by atoms with Gasteiger partial charge < -0.3 is 10.4 Å². The third-order valence-electron chi connectivity index (χ3n) is 4.05. The van der Waals surface area contributed by atoms with Crippen molar-refractivity contribution in [1.29, 1.82) is 0 Å². The number of aromatic carboxylic acids is 1. The first-order chi connectivity index (χ1) is 9.09. The maximum absolute atomic E-state index is 11.3. The number of carbonyl (C=O) groups is 1. The SMILES string of the molecule is CC1(Nc2ccc(C(=O)O)c3ccccc23)CCC1. The molecule has 1 saturated carbocycles. The standard InChI is InChI=1S/C16H17NO2/c1-16(9-4-10-16)17-14-8-7-13(15(18)19)11-5-2-3-6-12(11)14/h2-3,5-8,17H,4,9-10H2,1H3,(H,18,19). The molecule has 1 aliphatic rings. The molecule has 0 atom stereocenters. The van der Waals surface area contributed by atoms with Crippen LogP contribution >= 0.6 is 0 Å². The molecule has 3 rings (SSSR count). The van der Waals surface area contributed by atoms with Gasteiger partial charge in [0.1, 0.15) is 0 Å². The molecule has 0 spiro atoms. The maximum atomic E-state index is 11.3. The first-order valence-electron chi connectivity index (χ1n) is 6.62. The van der Waals surface area contributed by atoms with Gasteiger partial charge in [-0.2, -0.15) is 0 Å². The van der Waals surface area contributed by atoms with Crippen LogP contribution in [0, 0.1) is 0 Å². The summed E-state index contributed by atoms with van der Waals surface area (Å²) in [6.07, 6.45) is 3.60. The van der Waals surface area contributed by atoms with Crippen molar-refractivity contribution < 1.29 is 9.90 Å². The van der Waals surface area contributed by atoms with E-state index >= 15 is 0 Å². The molecule has 2 N–H and O–H groups in total. The number of hydrogen-bond acceptors (Lipinski definition) is 2. The Labute approximate surface area is 112 Å². The van der Waals surface area contributed by atoms with Crippen molar-refractivity contribution in [2.24, 2.45) is 0 Å². The summed E-state index contributed by atoms with van der Waals surface area (Å²) >= 11 is 0. The number of benzene rings is 2. The minimum absolute atomic E-state index is 0.160. The monoisotopic (exact) mass is 255 g/mol.